The highest BCUT2D eigenvalue weighted by Gasteiger charge is 2.17. The molecular formula is C17H14N4O4S. The number of aromatic nitrogens is 1. The van der Waals surface area contributed by atoms with Crippen LogP contribution in [-0.2, 0) is 0 Å². The minimum atomic E-state index is -0.569. The quantitative estimate of drug-likeness (QED) is 0.387. The number of ether oxygens (including phenoxy) is 1. The molecule has 0 amide bonds. The summed E-state index contributed by atoms with van der Waals surface area (Å²) >= 11 is 1.36. The van der Waals surface area contributed by atoms with Crippen molar-refractivity contribution in [1.82, 2.24) is 4.98 Å². The molecule has 0 aliphatic carbocycles. The van der Waals surface area contributed by atoms with E-state index in [4.69, 9.17) is 4.74 Å². The highest BCUT2D eigenvalue weighted by Crippen LogP contribution is 2.32. The van der Waals surface area contributed by atoms with E-state index in [1.165, 1.54) is 30.7 Å². The van der Waals surface area contributed by atoms with Gasteiger partial charge in [0.15, 0.2) is 11.5 Å². The van der Waals surface area contributed by atoms with Gasteiger partial charge in [0, 0.05) is 10.9 Å². The van der Waals surface area contributed by atoms with Crippen molar-refractivity contribution in [3.05, 3.63) is 63.5 Å². The first kappa shape index (κ1) is 17.4. The smallest absolute Gasteiger partial charge is 0.282 e. The molecule has 9 heteroatoms. The van der Waals surface area contributed by atoms with Gasteiger partial charge in [-0.1, -0.05) is 30.3 Å². The van der Waals surface area contributed by atoms with Crippen LogP contribution < -0.4 is 10.2 Å². The maximum Gasteiger partial charge on any atom is 0.282 e. The summed E-state index contributed by atoms with van der Waals surface area (Å²) in [5.41, 5.74) is 4.44. The number of hydrazone groups is 1. The van der Waals surface area contributed by atoms with E-state index in [9.17, 15) is 15.2 Å². The van der Waals surface area contributed by atoms with Crippen LogP contribution in [0.15, 0.2) is 52.9 Å². The van der Waals surface area contributed by atoms with Crippen molar-refractivity contribution in [3.63, 3.8) is 0 Å². The van der Waals surface area contributed by atoms with E-state index in [2.05, 4.69) is 15.5 Å². The number of hydrogen-bond acceptors (Lipinski definition) is 8. The van der Waals surface area contributed by atoms with Gasteiger partial charge in [0.05, 0.1) is 35.6 Å². The first-order valence-electron chi connectivity index (χ1n) is 7.44. The molecule has 0 saturated carbocycles. The molecule has 0 radical (unpaired) electrons. The second kappa shape index (κ2) is 7.62. The molecule has 1 aromatic heterocycles. The highest BCUT2D eigenvalue weighted by atomic mass is 32.1. The number of phenolic OH excluding ortho intramolecular Hbond substituents is 1. The van der Waals surface area contributed by atoms with Crippen LogP contribution in [0.4, 0.5) is 10.8 Å². The summed E-state index contributed by atoms with van der Waals surface area (Å²) in [5.74, 6) is -0.186. The summed E-state index contributed by atoms with van der Waals surface area (Å²) < 4.78 is 4.89. The van der Waals surface area contributed by atoms with Crippen molar-refractivity contribution in [3.8, 4) is 22.8 Å². The lowest BCUT2D eigenvalue weighted by atomic mass is 10.1. The topological polar surface area (TPSA) is 110 Å². The Labute approximate surface area is 152 Å². The SMILES string of the molecule is COc1cc([N+](=O)[O-])c(/C=N/Nc2nc(-c3ccccc3)cs2)cc1O. The Morgan fingerprint density at radius 1 is 1.35 bits per heavy atom. The molecule has 0 unspecified atom stereocenters. The number of hydrogen-bond donors (Lipinski definition) is 2. The minimum absolute atomic E-state index is 0.0224. The predicted molar refractivity (Wildman–Crippen MR) is 100 cm³/mol. The maximum absolute atomic E-state index is 11.2. The van der Waals surface area contributed by atoms with Crippen molar-refractivity contribution in [2.24, 2.45) is 5.10 Å². The van der Waals surface area contributed by atoms with Crippen LogP contribution in [0.2, 0.25) is 0 Å². The normalized spacial score (nSPS) is 10.8. The number of nitrogens with zero attached hydrogens (tertiary/aromatic N) is 3. The van der Waals surface area contributed by atoms with Crippen LogP contribution in [0.25, 0.3) is 11.3 Å². The summed E-state index contributed by atoms with van der Waals surface area (Å²) in [6.07, 6.45) is 1.25. The molecule has 2 aromatic carbocycles. The number of nitro benzene ring substituents is 1. The van der Waals surface area contributed by atoms with Crippen molar-refractivity contribution >= 4 is 28.4 Å². The van der Waals surface area contributed by atoms with Crippen molar-refractivity contribution < 1.29 is 14.8 Å². The first-order valence-corrected chi connectivity index (χ1v) is 8.32. The molecular weight excluding hydrogens is 356 g/mol. The van der Waals surface area contributed by atoms with Gasteiger partial charge in [0.2, 0.25) is 5.13 Å². The molecule has 0 aliphatic heterocycles. The Morgan fingerprint density at radius 3 is 2.81 bits per heavy atom. The fraction of sp³-hybridized carbons (Fsp3) is 0.0588. The van der Waals surface area contributed by atoms with Crippen LogP contribution in [0.3, 0.4) is 0 Å². The van der Waals surface area contributed by atoms with Crippen molar-refractivity contribution in [2.75, 3.05) is 12.5 Å². The van der Waals surface area contributed by atoms with Crippen molar-refractivity contribution in [1.29, 1.82) is 0 Å². The monoisotopic (exact) mass is 370 g/mol. The zero-order valence-electron chi connectivity index (χ0n) is 13.6. The molecule has 2 N–H and O–H groups in total. The molecule has 0 bridgehead atoms. The number of anilines is 1. The summed E-state index contributed by atoms with van der Waals surface area (Å²) in [6, 6.07) is 12.0. The molecule has 0 atom stereocenters. The van der Waals surface area contributed by atoms with Gasteiger partial charge in [0.1, 0.15) is 0 Å². The number of aromatic hydroxyl groups is 1. The van der Waals surface area contributed by atoms with E-state index in [1.807, 2.05) is 35.7 Å². The third-order valence-corrected chi connectivity index (χ3v) is 4.21. The molecule has 0 aliphatic rings. The number of thiazole rings is 1. The molecule has 26 heavy (non-hydrogen) atoms. The predicted octanol–water partition coefficient (Wildman–Crippen LogP) is 3.88. The number of nitrogens with one attached hydrogen (secondary N) is 1. The molecule has 3 aromatic rings. The first-order chi connectivity index (χ1) is 12.6. The van der Waals surface area contributed by atoms with E-state index in [1.54, 1.807) is 0 Å². The summed E-state index contributed by atoms with van der Waals surface area (Å²) in [5, 5.41) is 27.4. The van der Waals surface area contributed by atoms with Gasteiger partial charge in [-0.15, -0.1) is 11.3 Å². The van der Waals surface area contributed by atoms with Crippen LogP contribution in [-0.4, -0.2) is 28.3 Å². The van der Waals surface area contributed by atoms with Gasteiger partial charge in [-0.25, -0.2) is 4.98 Å². The molecule has 3 rings (SSSR count). The standard InChI is InChI=1S/C17H14N4O4S/c1-25-16-8-14(21(23)24)12(7-15(16)22)9-18-20-17-19-13(10-26-17)11-5-3-2-4-6-11/h2-10,22H,1H3,(H,19,20)/b18-9+. The second-order valence-corrected chi connectivity index (χ2v) is 5.97. The van der Waals surface area contributed by atoms with Gasteiger partial charge >= 0.3 is 0 Å². The zero-order valence-corrected chi connectivity index (χ0v) is 14.4. The number of rotatable bonds is 6. The van der Waals surface area contributed by atoms with Gasteiger partial charge in [-0.05, 0) is 6.07 Å². The number of phenols is 1. The molecule has 0 fully saturated rings. The van der Waals surface area contributed by atoms with E-state index in [-0.39, 0.29) is 22.7 Å². The Hall–Kier alpha value is -3.46. The third-order valence-electron chi connectivity index (χ3n) is 3.46. The second-order valence-electron chi connectivity index (χ2n) is 5.11. The summed E-state index contributed by atoms with van der Waals surface area (Å²) in [4.78, 5) is 15.0. The molecule has 8 nitrogen and oxygen atoms in total. The van der Waals surface area contributed by atoms with Crippen LogP contribution in [0.1, 0.15) is 5.56 Å². The molecule has 0 saturated heterocycles. The average Bonchev–Trinajstić information content (AvgIpc) is 3.11. The number of nitro groups is 1. The minimum Gasteiger partial charge on any atom is -0.504 e. The highest BCUT2D eigenvalue weighted by molar-refractivity contribution is 7.14. The lowest BCUT2D eigenvalue weighted by Crippen LogP contribution is -1.98. The fourth-order valence-electron chi connectivity index (χ4n) is 2.22. The Kier molecular flexibility index (Phi) is 5.09. The number of methoxy groups -OCH3 is 1. The fourth-order valence-corrected chi connectivity index (χ4v) is 2.89. The Morgan fingerprint density at radius 2 is 2.12 bits per heavy atom. The lowest BCUT2D eigenvalue weighted by molar-refractivity contribution is -0.385. The maximum atomic E-state index is 11.2. The van der Waals surface area contributed by atoms with Crippen LogP contribution >= 0.6 is 11.3 Å². The average molecular weight is 370 g/mol. The van der Waals surface area contributed by atoms with Crippen molar-refractivity contribution in [2.45, 2.75) is 0 Å². The van der Waals surface area contributed by atoms with E-state index in [0.29, 0.717) is 5.13 Å². The van der Waals surface area contributed by atoms with Crippen LogP contribution in [0.5, 0.6) is 11.5 Å². The van der Waals surface area contributed by atoms with Gasteiger partial charge < -0.3 is 9.84 Å². The Bertz CT molecular complexity index is 957. The van der Waals surface area contributed by atoms with Gasteiger partial charge in [0.25, 0.3) is 5.69 Å². The van der Waals surface area contributed by atoms with E-state index in [0.717, 1.165) is 17.3 Å². The third kappa shape index (κ3) is 3.78. The zero-order chi connectivity index (χ0) is 18.5. The summed E-state index contributed by atoms with van der Waals surface area (Å²) in [7, 11) is 1.32. The van der Waals surface area contributed by atoms with Gasteiger partial charge in [-0.3, -0.25) is 15.5 Å². The lowest BCUT2D eigenvalue weighted by Gasteiger charge is -2.04. The van der Waals surface area contributed by atoms with E-state index < -0.39 is 4.92 Å². The largest absolute Gasteiger partial charge is 0.504 e. The van der Waals surface area contributed by atoms with E-state index >= 15 is 0 Å². The molecule has 0 spiro atoms. The Balaban J connectivity index is 1.78. The van der Waals surface area contributed by atoms with Crippen LogP contribution in [0, 0.1) is 10.1 Å². The summed E-state index contributed by atoms with van der Waals surface area (Å²) in [6.45, 7) is 0. The van der Waals surface area contributed by atoms with Gasteiger partial charge in [-0.2, -0.15) is 5.10 Å². The molecule has 132 valence electrons. The molecule has 1 heterocycles. The number of benzene rings is 2.